The highest BCUT2D eigenvalue weighted by atomic mass is 35.5. The Morgan fingerprint density at radius 2 is 2.42 bits per heavy atom. The molecule has 0 aliphatic heterocycles. The maximum absolute atomic E-state index is 5.70. The van der Waals surface area contributed by atoms with Crippen molar-refractivity contribution in [1.82, 2.24) is 10.3 Å². The summed E-state index contributed by atoms with van der Waals surface area (Å²) < 4.78 is 0. The summed E-state index contributed by atoms with van der Waals surface area (Å²) in [6.07, 6.45) is 1.71. The second-order valence-electron chi connectivity index (χ2n) is 2.39. The fourth-order valence-corrected chi connectivity index (χ4v) is 1.22. The minimum absolute atomic E-state index is 0.542. The molecule has 0 radical (unpaired) electrons. The molecule has 1 aromatic rings. The molecule has 0 saturated heterocycles. The Balaban J connectivity index is 2.41. The molecule has 0 bridgehead atoms. The highest BCUT2D eigenvalue weighted by molar-refractivity contribution is 7.80. The third kappa shape index (κ3) is 3.43. The van der Waals surface area contributed by atoms with Gasteiger partial charge in [-0.15, -0.1) is 0 Å². The number of hydrogen-bond acceptors (Lipinski definition) is 3. The van der Waals surface area contributed by atoms with Crippen molar-refractivity contribution in [2.24, 2.45) is 0 Å². The van der Waals surface area contributed by atoms with Crippen molar-refractivity contribution in [3.05, 3.63) is 29.0 Å². The van der Waals surface area contributed by atoms with Crippen molar-refractivity contribution in [1.29, 1.82) is 0 Å². The minimum atomic E-state index is 0.542. The summed E-state index contributed by atoms with van der Waals surface area (Å²) in [4.78, 5) is 3.89. The molecule has 2 nitrogen and oxygen atoms in total. The zero-order valence-corrected chi connectivity index (χ0v) is 8.28. The van der Waals surface area contributed by atoms with E-state index in [1.54, 1.807) is 6.20 Å². The van der Waals surface area contributed by atoms with Gasteiger partial charge in [-0.05, 0) is 17.7 Å². The zero-order chi connectivity index (χ0) is 8.81. The van der Waals surface area contributed by atoms with Crippen molar-refractivity contribution >= 4 is 24.2 Å². The Labute approximate surface area is 82.8 Å². The Morgan fingerprint density at radius 3 is 3.08 bits per heavy atom. The first-order valence-electron chi connectivity index (χ1n) is 3.75. The summed E-state index contributed by atoms with van der Waals surface area (Å²) in [7, 11) is 0. The standard InChI is InChI=1S/C8H11ClN2S/c9-8-5-7(1-2-11-8)6-10-3-4-12/h1-2,5,10,12H,3-4,6H2. The first kappa shape index (κ1) is 9.84. The van der Waals surface area contributed by atoms with E-state index in [2.05, 4.69) is 22.9 Å². The Hall–Kier alpha value is -0.250. The Bertz CT molecular complexity index is 242. The first-order valence-corrected chi connectivity index (χ1v) is 4.76. The molecule has 66 valence electrons. The fraction of sp³-hybridized carbons (Fsp3) is 0.375. The van der Waals surface area contributed by atoms with Gasteiger partial charge < -0.3 is 5.32 Å². The summed E-state index contributed by atoms with van der Waals surface area (Å²) in [5.74, 6) is 0.846. The quantitative estimate of drug-likeness (QED) is 0.442. The van der Waals surface area contributed by atoms with Crippen LogP contribution in [0.2, 0.25) is 5.15 Å². The predicted octanol–water partition coefficient (Wildman–Crippen LogP) is 1.75. The number of rotatable bonds is 4. The number of hydrogen-bond donors (Lipinski definition) is 2. The lowest BCUT2D eigenvalue weighted by molar-refractivity contribution is 0.732. The van der Waals surface area contributed by atoms with Crippen LogP contribution in [0.5, 0.6) is 0 Å². The van der Waals surface area contributed by atoms with Crippen molar-refractivity contribution in [2.45, 2.75) is 6.54 Å². The van der Waals surface area contributed by atoms with Crippen LogP contribution in [-0.2, 0) is 6.54 Å². The molecule has 12 heavy (non-hydrogen) atoms. The molecule has 0 atom stereocenters. The highest BCUT2D eigenvalue weighted by Crippen LogP contribution is 2.06. The molecule has 1 heterocycles. The second-order valence-corrected chi connectivity index (χ2v) is 3.22. The van der Waals surface area contributed by atoms with Crippen LogP contribution < -0.4 is 5.32 Å². The molecular formula is C8H11ClN2S. The van der Waals surface area contributed by atoms with Crippen LogP contribution in [0, 0.1) is 0 Å². The smallest absolute Gasteiger partial charge is 0.129 e. The van der Waals surface area contributed by atoms with E-state index in [-0.39, 0.29) is 0 Å². The molecule has 0 fully saturated rings. The van der Waals surface area contributed by atoms with Crippen molar-refractivity contribution < 1.29 is 0 Å². The fourth-order valence-electron chi connectivity index (χ4n) is 0.864. The highest BCUT2D eigenvalue weighted by Gasteiger charge is 1.93. The van der Waals surface area contributed by atoms with E-state index < -0.39 is 0 Å². The lowest BCUT2D eigenvalue weighted by Gasteiger charge is -2.02. The van der Waals surface area contributed by atoms with Crippen molar-refractivity contribution in [3.8, 4) is 0 Å². The number of nitrogens with zero attached hydrogens (tertiary/aromatic N) is 1. The second kappa shape index (κ2) is 5.41. The van der Waals surface area contributed by atoms with Crippen LogP contribution in [-0.4, -0.2) is 17.3 Å². The zero-order valence-electron chi connectivity index (χ0n) is 6.63. The summed E-state index contributed by atoms with van der Waals surface area (Å²) in [5, 5.41) is 3.76. The SMILES string of the molecule is SCCNCc1ccnc(Cl)c1. The van der Waals surface area contributed by atoms with Gasteiger partial charge in [0.15, 0.2) is 0 Å². The Kier molecular flexibility index (Phi) is 4.43. The van der Waals surface area contributed by atoms with Crippen molar-refractivity contribution in [3.63, 3.8) is 0 Å². The third-order valence-corrected chi connectivity index (χ3v) is 1.84. The van der Waals surface area contributed by atoms with Crippen LogP contribution in [0.1, 0.15) is 5.56 Å². The summed E-state index contributed by atoms with van der Waals surface area (Å²) in [5.41, 5.74) is 1.15. The largest absolute Gasteiger partial charge is 0.312 e. The van der Waals surface area contributed by atoms with E-state index in [0.29, 0.717) is 5.15 Å². The van der Waals surface area contributed by atoms with Gasteiger partial charge in [0.25, 0.3) is 0 Å². The molecule has 4 heteroatoms. The van der Waals surface area contributed by atoms with E-state index in [9.17, 15) is 0 Å². The van der Waals surface area contributed by atoms with Crippen LogP contribution in [0.25, 0.3) is 0 Å². The van der Waals surface area contributed by atoms with Gasteiger partial charge in [-0.3, -0.25) is 0 Å². The normalized spacial score (nSPS) is 10.2. The molecule has 1 aromatic heterocycles. The first-order chi connectivity index (χ1) is 5.83. The molecule has 0 unspecified atom stereocenters. The van der Waals surface area contributed by atoms with Gasteiger partial charge in [-0.2, -0.15) is 12.6 Å². The van der Waals surface area contributed by atoms with E-state index in [4.69, 9.17) is 11.6 Å². The summed E-state index contributed by atoms with van der Waals surface area (Å²) in [6.45, 7) is 1.73. The van der Waals surface area contributed by atoms with Gasteiger partial charge in [0.1, 0.15) is 5.15 Å². The molecule has 0 amide bonds. The number of pyridine rings is 1. The molecule has 0 aliphatic carbocycles. The number of halogens is 1. The van der Waals surface area contributed by atoms with Gasteiger partial charge in [-0.25, -0.2) is 4.98 Å². The van der Waals surface area contributed by atoms with Crippen LogP contribution in [0.4, 0.5) is 0 Å². The average molecular weight is 203 g/mol. The van der Waals surface area contributed by atoms with Gasteiger partial charge >= 0.3 is 0 Å². The number of aromatic nitrogens is 1. The van der Waals surface area contributed by atoms with Crippen LogP contribution in [0.15, 0.2) is 18.3 Å². The molecule has 0 saturated carbocycles. The minimum Gasteiger partial charge on any atom is -0.312 e. The lowest BCUT2D eigenvalue weighted by Crippen LogP contribution is -2.15. The molecule has 1 N–H and O–H groups in total. The summed E-state index contributed by atoms with van der Waals surface area (Å²) >= 11 is 9.79. The van der Waals surface area contributed by atoms with Gasteiger partial charge in [0.05, 0.1) is 0 Å². The third-order valence-electron chi connectivity index (χ3n) is 1.41. The van der Waals surface area contributed by atoms with Gasteiger partial charge in [0, 0.05) is 25.0 Å². The molecular weight excluding hydrogens is 192 g/mol. The summed E-state index contributed by atoms with van der Waals surface area (Å²) in [6, 6.07) is 3.80. The molecule has 1 rings (SSSR count). The molecule has 0 aliphatic rings. The molecule has 0 spiro atoms. The predicted molar refractivity (Wildman–Crippen MR) is 54.8 cm³/mol. The topological polar surface area (TPSA) is 24.9 Å². The van der Waals surface area contributed by atoms with Gasteiger partial charge in [-0.1, -0.05) is 11.6 Å². The van der Waals surface area contributed by atoms with E-state index in [0.717, 1.165) is 24.4 Å². The molecule has 0 aromatic carbocycles. The number of nitrogens with one attached hydrogen (secondary N) is 1. The maximum atomic E-state index is 5.70. The van der Waals surface area contributed by atoms with E-state index in [1.165, 1.54) is 0 Å². The monoisotopic (exact) mass is 202 g/mol. The maximum Gasteiger partial charge on any atom is 0.129 e. The van der Waals surface area contributed by atoms with E-state index >= 15 is 0 Å². The number of thiol groups is 1. The van der Waals surface area contributed by atoms with Crippen LogP contribution in [0.3, 0.4) is 0 Å². The average Bonchev–Trinajstić information content (AvgIpc) is 2.05. The lowest BCUT2D eigenvalue weighted by atomic mass is 10.3. The van der Waals surface area contributed by atoms with Gasteiger partial charge in [0.2, 0.25) is 0 Å². The van der Waals surface area contributed by atoms with E-state index in [1.807, 2.05) is 12.1 Å². The Morgan fingerprint density at radius 1 is 1.58 bits per heavy atom. The van der Waals surface area contributed by atoms with Crippen LogP contribution >= 0.6 is 24.2 Å². The van der Waals surface area contributed by atoms with Crippen molar-refractivity contribution in [2.75, 3.05) is 12.3 Å².